The van der Waals surface area contributed by atoms with Crippen LogP contribution in [0.4, 0.5) is 0 Å². The van der Waals surface area contributed by atoms with E-state index in [1.807, 2.05) is 13.8 Å². The average Bonchev–Trinajstić information content (AvgIpc) is 3.15. The Morgan fingerprint density at radius 1 is 1.20 bits per heavy atom. The molecule has 0 aliphatic heterocycles. The van der Waals surface area contributed by atoms with Gasteiger partial charge in [0.2, 0.25) is 0 Å². The molecule has 1 saturated carbocycles. The number of aromatic carboxylic acids is 1. The van der Waals surface area contributed by atoms with Crippen LogP contribution >= 0.6 is 0 Å². The first-order chi connectivity index (χ1) is 12.0. The quantitative estimate of drug-likeness (QED) is 0.829. The Balaban J connectivity index is 1.90. The van der Waals surface area contributed by atoms with Gasteiger partial charge in [-0.3, -0.25) is 0 Å². The van der Waals surface area contributed by atoms with Crippen LogP contribution in [-0.2, 0) is 13.1 Å². The molecule has 4 nitrogen and oxygen atoms in total. The Labute approximate surface area is 149 Å². The Morgan fingerprint density at radius 3 is 2.56 bits per heavy atom. The normalized spacial score (nSPS) is 15.0. The molecule has 0 saturated heterocycles. The largest absolute Gasteiger partial charge is 0.478 e. The highest BCUT2D eigenvalue weighted by atomic mass is 16.4. The van der Waals surface area contributed by atoms with Crippen LogP contribution in [0, 0.1) is 20.8 Å². The summed E-state index contributed by atoms with van der Waals surface area (Å²) in [4.78, 5) is 11.9. The van der Waals surface area contributed by atoms with Crippen LogP contribution in [0.3, 0.4) is 0 Å². The first-order valence-corrected chi connectivity index (χ1v) is 9.18. The summed E-state index contributed by atoms with van der Waals surface area (Å²) >= 11 is 0. The molecule has 1 aromatic carbocycles. The van der Waals surface area contributed by atoms with Crippen molar-refractivity contribution in [2.45, 2.75) is 65.6 Å². The van der Waals surface area contributed by atoms with E-state index in [9.17, 15) is 9.90 Å². The highest BCUT2D eigenvalue weighted by molar-refractivity contribution is 5.91. The number of rotatable bonds is 6. The maximum atomic E-state index is 11.9. The van der Waals surface area contributed by atoms with Gasteiger partial charge in [0.1, 0.15) is 0 Å². The summed E-state index contributed by atoms with van der Waals surface area (Å²) in [5, 5.41) is 13.3. The molecule has 4 heteroatoms. The molecule has 0 radical (unpaired) electrons. The molecule has 0 atom stereocenters. The summed E-state index contributed by atoms with van der Waals surface area (Å²) in [5.41, 5.74) is 5.73. The lowest BCUT2D eigenvalue weighted by Crippen LogP contribution is -2.26. The van der Waals surface area contributed by atoms with Crippen LogP contribution in [0.5, 0.6) is 0 Å². The molecule has 134 valence electrons. The molecule has 3 rings (SSSR count). The first-order valence-electron chi connectivity index (χ1n) is 9.18. The number of hydrogen-bond acceptors (Lipinski definition) is 2. The molecule has 0 unspecified atom stereocenters. The van der Waals surface area contributed by atoms with Crippen LogP contribution in [0.15, 0.2) is 24.3 Å². The number of aryl methyl sites for hydroxylation is 1. The minimum atomic E-state index is -0.827. The molecule has 0 spiro atoms. The Morgan fingerprint density at radius 2 is 1.92 bits per heavy atom. The summed E-state index contributed by atoms with van der Waals surface area (Å²) in [6.45, 7) is 7.40. The van der Waals surface area contributed by atoms with Gasteiger partial charge in [0.25, 0.3) is 0 Å². The molecule has 25 heavy (non-hydrogen) atoms. The third kappa shape index (κ3) is 3.79. The zero-order chi connectivity index (χ0) is 18.0. The molecular formula is C21H28N2O2. The van der Waals surface area contributed by atoms with Gasteiger partial charge in [-0.2, -0.15) is 0 Å². The topological polar surface area (TPSA) is 54.3 Å². The van der Waals surface area contributed by atoms with E-state index in [2.05, 4.69) is 41.1 Å². The van der Waals surface area contributed by atoms with E-state index in [0.717, 1.165) is 17.0 Å². The fraction of sp³-hybridized carbons (Fsp3) is 0.476. The smallest absolute Gasteiger partial charge is 0.337 e. The van der Waals surface area contributed by atoms with Crippen molar-refractivity contribution in [3.05, 3.63) is 57.9 Å². The number of carboxylic acid groups (broad SMARTS) is 1. The van der Waals surface area contributed by atoms with Gasteiger partial charge in [0.15, 0.2) is 0 Å². The fourth-order valence-electron chi connectivity index (χ4n) is 4.06. The zero-order valence-corrected chi connectivity index (χ0v) is 15.4. The van der Waals surface area contributed by atoms with Crippen LogP contribution in [0.25, 0.3) is 0 Å². The van der Waals surface area contributed by atoms with Gasteiger partial charge in [-0.25, -0.2) is 4.79 Å². The van der Waals surface area contributed by atoms with E-state index in [4.69, 9.17) is 0 Å². The van der Waals surface area contributed by atoms with E-state index in [1.54, 1.807) is 0 Å². The second kappa shape index (κ2) is 7.44. The summed E-state index contributed by atoms with van der Waals surface area (Å²) in [6, 6.07) is 8.93. The first kappa shape index (κ1) is 17.7. The average molecular weight is 340 g/mol. The number of hydrogen-bond donors (Lipinski definition) is 2. The molecule has 1 fully saturated rings. The number of carboxylic acids is 1. The van der Waals surface area contributed by atoms with Crippen molar-refractivity contribution in [3.8, 4) is 0 Å². The molecule has 0 bridgehead atoms. The van der Waals surface area contributed by atoms with Gasteiger partial charge in [0.05, 0.1) is 5.56 Å². The second-order valence-electron chi connectivity index (χ2n) is 7.27. The van der Waals surface area contributed by atoms with Crippen molar-refractivity contribution in [1.82, 2.24) is 9.88 Å². The van der Waals surface area contributed by atoms with Gasteiger partial charge < -0.3 is 15.0 Å². The summed E-state index contributed by atoms with van der Waals surface area (Å²) in [7, 11) is 0. The maximum Gasteiger partial charge on any atom is 0.337 e. The lowest BCUT2D eigenvalue weighted by molar-refractivity contribution is 0.0694. The van der Waals surface area contributed by atoms with Crippen LogP contribution in [0.2, 0.25) is 0 Å². The van der Waals surface area contributed by atoms with E-state index in [1.165, 1.54) is 36.8 Å². The summed E-state index contributed by atoms with van der Waals surface area (Å²) in [6.07, 6.45) is 4.94. The molecule has 1 aromatic heterocycles. The second-order valence-corrected chi connectivity index (χ2v) is 7.27. The van der Waals surface area contributed by atoms with E-state index < -0.39 is 5.97 Å². The zero-order valence-electron chi connectivity index (χ0n) is 15.4. The summed E-state index contributed by atoms with van der Waals surface area (Å²) < 4.78 is 2.14. The van der Waals surface area contributed by atoms with Crippen molar-refractivity contribution in [2.24, 2.45) is 0 Å². The molecule has 1 aliphatic carbocycles. The van der Waals surface area contributed by atoms with Gasteiger partial charge in [-0.05, 0) is 39.2 Å². The van der Waals surface area contributed by atoms with Gasteiger partial charge in [0, 0.05) is 36.1 Å². The van der Waals surface area contributed by atoms with Gasteiger partial charge >= 0.3 is 5.97 Å². The monoisotopic (exact) mass is 340 g/mol. The molecule has 1 aliphatic rings. The molecule has 2 N–H and O–H groups in total. The van der Waals surface area contributed by atoms with E-state index in [-0.39, 0.29) is 0 Å². The van der Waals surface area contributed by atoms with Crippen molar-refractivity contribution in [2.75, 3.05) is 0 Å². The highest BCUT2D eigenvalue weighted by Gasteiger charge is 2.24. The molecule has 1 heterocycles. The maximum absolute atomic E-state index is 11.9. The lowest BCUT2D eigenvalue weighted by atomic mass is 10.1. The minimum absolute atomic E-state index is 0.468. The Hall–Kier alpha value is -2.07. The highest BCUT2D eigenvalue weighted by Crippen LogP contribution is 2.25. The summed E-state index contributed by atoms with van der Waals surface area (Å²) in [5.74, 6) is -0.827. The van der Waals surface area contributed by atoms with Crippen molar-refractivity contribution in [1.29, 1.82) is 0 Å². The predicted octanol–water partition coefficient (Wildman–Crippen LogP) is 4.19. The number of aromatic nitrogens is 1. The van der Waals surface area contributed by atoms with E-state index in [0.29, 0.717) is 24.7 Å². The number of benzene rings is 1. The van der Waals surface area contributed by atoms with Crippen LogP contribution in [0.1, 0.15) is 64.1 Å². The molecule has 2 aromatic rings. The standard InChI is InChI=1S/C21H28N2O2/c1-14-7-6-8-17(11-14)13-23-15(2)19(20(16(23)3)21(24)25)12-22-18-9-4-5-10-18/h6-8,11,18,22H,4-5,9-10,12-13H2,1-3H3,(H,24,25). The van der Waals surface area contributed by atoms with Gasteiger partial charge in [-0.15, -0.1) is 0 Å². The fourth-order valence-corrected chi connectivity index (χ4v) is 4.06. The lowest BCUT2D eigenvalue weighted by Gasteiger charge is -2.13. The van der Waals surface area contributed by atoms with Gasteiger partial charge in [-0.1, -0.05) is 42.7 Å². The van der Waals surface area contributed by atoms with Crippen molar-refractivity contribution in [3.63, 3.8) is 0 Å². The molecule has 0 amide bonds. The number of carbonyl (C=O) groups is 1. The minimum Gasteiger partial charge on any atom is -0.478 e. The molecular weight excluding hydrogens is 312 g/mol. The Kier molecular flexibility index (Phi) is 5.28. The third-order valence-corrected chi connectivity index (χ3v) is 5.47. The van der Waals surface area contributed by atoms with Crippen LogP contribution in [-0.4, -0.2) is 21.7 Å². The number of nitrogens with one attached hydrogen (secondary N) is 1. The number of nitrogens with zero attached hydrogens (tertiary/aromatic N) is 1. The van der Waals surface area contributed by atoms with Crippen LogP contribution < -0.4 is 5.32 Å². The van der Waals surface area contributed by atoms with Crippen molar-refractivity contribution < 1.29 is 9.90 Å². The predicted molar refractivity (Wildman–Crippen MR) is 100 cm³/mol. The Bertz CT molecular complexity index is 770. The van der Waals surface area contributed by atoms with Crippen molar-refractivity contribution >= 4 is 5.97 Å². The SMILES string of the molecule is Cc1cccc(Cn2c(C)c(CNC3CCCC3)c(C(=O)O)c2C)c1. The third-order valence-electron chi connectivity index (χ3n) is 5.47. The van der Waals surface area contributed by atoms with E-state index >= 15 is 0 Å².